The monoisotopic (exact) mass is 289 g/mol. The van der Waals surface area contributed by atoms with Crippen molar-refractivity contribution in [3.05, 3.63) is 50.9 Å². The van der Waals surface area contributed by atoms with Gasteiger partial charge in [0, 0.05) is 5.69 Å². The van der Waals surface area contributed by atoms with Gasteiger partial charge >= 0.3 is 5.69 Å². The van der Waals surface area contributed by atoms with Crippen molar-refractivity contribution in [3.63, 3.8) is 0 Å². The number of nitrogens with zero attached hydrogens (tertiary/aromatic N) is 4. The highest BCUT2D eigenvalue weighted by Crippen LogP contribution is 2.27. The summed E-state index contributed by atoms with van der Waals surface area (Å²) in [5, 5.41) is 22.5. The average Bonchev–Trinajstić information content (AvgIpc) is 2.41. The van der Waals surface area contributed by atoms with E-state index < -0.39 is 4.92 Å². The highest BCUT2D eigenvalue weighted by Gasteiger charge is 2.17. The predicted molar refractivity (Wildman–Crippen MR) is 72.9 cm³/mol. The Labute approximate surface area is 119 Å². The Balaban J connectivity index is 2.47. The molecule has 0 aliphatic carbocycles. The van der Waals surface area contributed by atoms with E-state index >= 15 is 0 Å². The van der Waals surface area contributed by atoms with Crippen molar-refractivity contribution >= 4 is 28.8 Å². The quantitative estimate of drug-likeness (QED) is 0.529. The fourth-order valence-electron chi connectivity index (χ4n) is 1.53. The molecule has 8 heteroatoms. The van der Waals surface area contributed by atoms with Crippen LogP contribution in [-0.4, -0.2) is 14.9 Å². The molecule has 0 saturated heterocycles. The van der Waals surface area contributed by atoms with Gasteiger partial charge in [-0.2, -0.15) is 10.2 Å². The van der Waals surface area contributed by atoms with E-state index in [2.05, 4.69) is 15.3 Å². The van der Waals surface area contributed by atoms with Gasteiger partial charge in [-0.05, 0) is 36.2 Å². The molecule has 0 saturated carbocycles. The van der Waals surface area contributed by atoms with Gasteiger partial charge in [0.05, 0.1) is 16.6 Å². The maximum atomic E-state index is 10.9. The topological polar surface area (TPSA) is 105 Å². The number of nitrogens with one attached hydrogen (secondary N) is 1. The zero-order chi connectivity index (χ0) is 14.7. The van der Waals surface area contributed by atoms with E-state index in [1.54, 1.807) is 25.1 Å². The van der Waals surface area contributed by atoms with Crippen LogP contribution in [0.4, 0.5) is 17.2 Å². The molecule has 1 heterocycles. The number of rotatable bonds is 3. The lowest BCUT2D eigenvalue weighted by atomic mass is 10.1. The lowest BCUT2D eigenvalue weighted by molar-refractivity contribution is -0.384. The SMILES string of the molecule is Cc1ccc(C#N)cc1Nc1nc(Cl)ncc1[N+](=O)[O-]. The number of hydrogen-bond donors (Lipinski definition) is 1. The summed E-state index contributed by atoms with van der Waals surface area (Å²) in [6.45, 7) is 1.80. The van der Waals surface area contributed by atoms with Crippen LogP contribution in [0.25, 0.3) is 0 Å². The molecule has 20 heavy (non-hydrogen) atoms. The van der Waals surface area contributed by atoms with Crippen LogP contribution in [0.15, 0.2) is 24.4 Å². The number of anilines is 2. The van der Waals surface area contributed by atoms with E-state index in [1.807, 2.05) is 6.07 Å². The third kappa shape index (κ3) is 2.81. The van der Waals surface area contributed by atoms with Crippen molar-refractivity contribution in [1.29, 1.82) is 5.26 Å². The summed E-state index contributed by atoms with van der Waals surface area (Å²) in [4.78, 5) is 17.7. The molecular weight excluding hydrogens is 282 g/mol. The first-order valence-electron chi connectivity index (χ1n) is 5.46. The van der Waals surface area contributed by atoms with Crippen LogP contribution >= 0.6 is 11.6 Å². The number of hydrogen-bond acceptors (Lipinski definition) is 6. The molecule has 0 unspecified atom stereocenters. The van der Waals surface area contributed by atoms with E-state index in [0.717, 1.165) is 11.8 Å². The van der Waals surface area contributed by atoms with Crippen LogP contribution in [0.5, 0.6) is 0 Å². The lowest BCUT2D eigenvalue weighted by Gasteiger charge is -2.09. The molecule has 7 nitrogen and oxygen atoms in total. The summed E-state index contributed by atoms with van der Waals surface area (Å²) in [6, 6.07) is 6.96. The molecule has 1 aromatic heterocycles. The Bertz CT molecular complexity index is 726. The largest absolute Gasteiger partial charge is 0.334 e. The lowest BCUT2D eigenvalue weighted by Crippen LogP contribution is -2.02. The van der Waals surface area contributed by atoms with Gasteiger partial charge in [0.2, 0.25) is 11.1 Å². The van der Waals surface area contributed by atoms with Gasteiger partial charge in [0.15, 0.2) is 0 Å². The van der Waals surface area contributed by atoms with Crippen LogP contribution in [-0.2, 0) is 0 Å². The zero-order valence-corrected chi connectivity index (χ0v) is 11.0. The number of nitriles is 1. The van der Waals surface area contributed by atoms with Gasteiger partial charge in [0.25, 0.3) is 0 Å². The van der Waals surface area contributed by atoms with E-state index in [-0.39, 0.29) is 16.8 Å². The maximum absolute atomic E-state index is 10.9. The molecule has 100 valence electrons. The van der Waals surface area contributed by atoms with Crippen molar-refractivity contribution in [2.24, 2.45) is 0 Å². The zero-order valence-electron chi connectivity index (χ0n) is 10.3. The highest BCUT2D eigenvalue weighted by molar-refractivity contribution is 6.28. The molecule has 2 aromatic rings. The number of aromatic nitrogens is 2. The predicted octanol–water partition coefficient (Wildman–Crippen LogP) is 2.96. The van der Waals surface area contributed by atoms with Crippen molar-refractivity contribution in [2.45, 2.75) is 6.92 Å². The molecule has 0 spiro atoms. The number of aryl methyl sites for hydroxylation is 1. The first kappa shape index (κ1) is 13.7. The maximum Gasteiger partial charge on any atom is 0.329 e. The molecular formula is C12H8ClN5O2. The summed E-state index contributed by atoms with van der Waals surface area (Å²) in [5.74, 6) is -0.0202. The van der Waals surface area contributed by atoms with Gasteiger partial charge in [-0.15, -0.1) is 0 Å². The normalized spacial score (nSPS) is 9.85. The molecule has 0 aliphatic heterocycles. The first-order chi connectivity index (χ1) is 9.51. The Morgan fingerprint density at radius 1 is 1.50 bits per heavy atom. The number of nitro groups is 1. The summed E-state index contributed by atoms with van der Waals surface area (Å²) >= 11 is 5.65. The number of halogens is 1. The fraction of sp³-hybridized carbons (Fsp3) is 0.0833. The molecule has 0 fully saturated rings. The second-order valence-corrected chi connectivity index (χ2v) is 4.23. The van der Waals surface area contributed by atoms with Gasteiger partial charge in [-0.1, -0.05) is 6.07 Å². The summed E-state index contributed by atoms with van der Waals surface area (Å²) in [7, 11) is 0. The van der Waals surface area contributed by atoms with Crippen molar-refractivity contribution in [3.8, 4) is 6.07 Å². The molecule has 0 aliphatic rings. The van der Waals surface area contributed by atoms with Crippen LogP contribution in [0.1, 0.15) is 11.1 Å². The van der Waals surface area contributed by atoms with Gasteiger partial charge in [-0.25, -0.2) is 4.98 Å². The summed E-state index contributed by atoms with van der Waals surface area (Å²) < 4.78 is 0. The second-order valence-electron chi connectivity index (χ2n) is 3.90. The molecule has 0 bridgehead atoms. The molecule has 1 N–H and O–H groups in total. The van der Waals surface area contributed by atoms with E-state index in [9.17, 15) is 10.1 Å². The van der Waals surface area contributed by atoms with Crippen LogP contribution in [0.3, 0.4) is 0 Å². The Hall–Kier alpha value is -2.72. The third-order valence-electron chi connectivity index (χ3n) is 2.56. The summed E-state index contributed by atoms with van der Waals surface area (Å²) in [6.07, 6.45) is 1.03. The minimum Gasteiger partial charge on any atom is -0.334 e. The minimum absolute atomic E-state index is 0.0202. The average molecular weight is 290 g/mol. The Morgan fingerprint density at radius 3 is 2.90 bits per heavy atom. The van der Waals surface area contributed by atoms with Crippen LogP contribution < -0.4 is 5.32 Å². The summed E-state index contributed by atoms with van der Waals surface area (Å²) in [5.41, 5.74) is 1.49. The van der Waals surface area contributed by atoms with E-state index in [1.165, 1.54) is 0 Å². The second kappa shape index (κ2) is 5.50. The molecule has 1 aromatic carbocycles. The van der Waals surface area contributed by atoms with E-state index in [4.69, 9.17) is 16.9 Å². The van der Waals surface area contributed by atoms with E-state index in [0.29, 0.717) is 11.3 Å². The van der Waals surface area contributed by atoms with Gasteiger partial charge < -0.3 is 5.32 Å². The third-order valence-corrected chi connectivity index (χ3v) is 2.74. The number of benzene rings is 1. The van der Waals surface area contributed by atoms with Crippen LogP contribution in [0, 0.1) is 28.4 Å². The standard InChI is InChI=1S/C12H8ClN5O2/c1-7-2-3-8(5-14)4-9(7)16-11-10(18(19)20)6-15-12(13)17-11/h2-4,6H,1H3,(H,15,16,17). The fourth-order valence-corrected chi connectivity index (χ4v) is 1.67. The molecule has 2 rings (SSSR count). The minimum atomic E-state index is -0.609. The highest BCUT2D eigenvalue weighted by atomic mass is 35.5. The van der Waals surface area contributed by atoms with Crippen molar-refractivity contribution in [1.82, 2.24) is 9.97 Å². The Kier molecular flexibility index (Phi) is 3.77. The molecule has 0 atom stereocenters. The molecule has 0 amide bonds. The smallest absolute Gasteiger partial charge is 0.329 e. The first-order valence-corrected chi connectivity index (χ1v) is 5.84. The Morgan fingerprint density at radius 2 is 2.25 bits per heavy atom. The van der Waals surface area contributed by atoms with Crippen LogP contribution in [0.2, 0.25) is 5.28 Å². The van der Waals surface area contributed by atoms with Crippen molar-refractivity contribution in [2.75, 3.05) is 5.32 Å². The van der Waals surface area contributed by atoms with Gasteiger partial charge in [-0.3, -0.25) is 10.1 Å². The van der Waals surface area contributed by atoms with Crippen molar-refractivity contribution < 1.29 is 4.92 Å². The molecule has 0 radical (unpaired) electrons. The van der Waals surface area contributed by atoms with Gasteiger partial charge in [0.1, 0.15) is 6.20 Å².